The fourth-order valence-corrected chi connectivity index (χ4v) is 3.75. The van der Waals surface area contributed by atoms with Gasteiger partial charge in [0.15, 0.2) is 5.82 Å². The molecule has 3 N–H and O–H groups in total. The topological polar surface area (TPSA) is 97.2 Å². The maximum Gasteiger partial charge on any atom is 0.433 e. The van der Waals surface area contributed by atoms with E-state index in [2.05, 4.69) is 25.3 Å². The highest BCUT2D eigenvalue weighted by atomic mass is 19.4. The Labute approximate surface area is 197 Å². The van der Waals surface area contributed by atoms with Crippen LogP contribution in [0.2, 0.25) is 0 Å². The van der Waals surface area contributed by atoms with Crippen LogP contribution in [0.1, 0.15) is 30.3 Å². The third-order valence-corrected chi connectivity index (χ3v) is 5.74. The quantitative estimate of drug-likeness (QED) is 0.379. The van der Waals surface area contributed by atoms with E-state index < -0.39 is 18.3 Å². The van der Waals surface area contributed by atoms with Crippen LogP contribution in [0.25, 0.3) is 11.0 Å². The molecule has 0 bridgehead atoms. The third-order valence-electron chi connectivity index (χ3n) is 5.74. The molecule has 0 saturated heterocycles. The average Bonchev–Trinajstić information content (AvgIpc) is 3.18. The molecule has 0 aliphatic carbocycles. The molecule has 8 nitrogen and oxygen atoms in total. The SMILES string of the molecule is C[C@H]1Cn2c(C(F)F)cc3nc(NCC(C=NCc4ccc(C(F)(F)F)nc4)=CN)nc(c32)N1C. The van der Waals surface area contributed by atoms with Gasteiger partial charge in [0.05, 0.1) is 17.8 Å². The number of rotatable bonds is 7. The number of aromatic nitrogens is 4. The normalized spacial score (nSPS) is 16.6. The summed E-state index contributed by atoms with van der Waals surface area (Å²) in [4.78, 5) is 18.4. The minimum absolute atomic E-state index is 0.0373. The lowest BCUT2D eigenvalue weighted by atomic mass is 10.2. The summed E-state index contributed by atoms with van der Waals surface area (Å²) in [6.45, 7) is 2.64. The molecular weight excluding hydrogens is 471 g/mol. The summed E-state index contributed by atoms with van der Waals surface area (Å²) in [6, 6.07) is 3.55. The number of halogens is 5. The molecule has 0 aromatic carbocycles. The highest BCUT2D eigenvalue weighted by molar-refractivity contribution is 5.90. The molecule has 0 radical (unpaired) electrons. The molecule has 4 heterocycles. The van der Waals surface area contributed by atoms with Crippen molar-refractivity contribution >= 4 is 29.0 Å². The third kappa shape index (κ3) is 5.03. The number of likely N-dealkylation sites (N-methyl/N-ethyl adjacent to an activating group) is 1. The highest BCUT2D eigenvalue weighted by Gasteiger charge is 2.32. The van der Waals surface area contributed by atoms with Crippen molar-refractivity contribution in [1.82, 2.24) is 19.5 Å². The fraction of sp³-hybridized carbons (Fsp3) is 0.364. The van der Waals surface area contributed by atoms with E-state index in [4.69, 9.17) is 5.73 Å². The van der Waals surface area contributed by atoms with Crippen molar-refractivity contribution in [2.24, 2.45) is 10.7 Å². The second kappa shape index (κ2) is 9.47. The maximum absolute atomic E-state index is 13.6. The van der Waals surface area contributed by atoms with Gasteiger partial charge in [0.25, 0.3) is 6.43 Å². The Kier molecular flexibility index (Phi) is 6.59. The molecule has 3 aromatic rings. The molecule has 4 rings (SSSR count). The number of pyridine rings is 1. The zero-order valence-electron chi connectivity index (χ0n) is 18.9. The van der Waals surface area contributed by atoms with Crippen LogP contribution in [-0.4, -0.2) is 45.4 Å². The zero-order chi connectivity index (χ0) is 25.3. The molecule has 35 heavy (non-hydrogen) atoms. The molecule has 0 fully saturated rings. The van der Waals surface area contributed by atoms with Gasteiger partial charge in [-0.1, -0.05) is 6.07 Å². The van der Waals surface area contributed by atoms with Crippen molar-refractivity contribution in [1.29, 1.82) is 0 Å². The van der Waals surface area contributed by atoms with Crippen LogP contribution in [0.15, 0.2) is 41.2 Å². The predicted octanol–water partition coefficient (Wildman–Crippen LogP) is 4.15. The molecule has 0 spiro atoms. The van der Waals surface area contributed by atoms with Crippen molar-refractivity contribution < 1.29 is 22.0 Å². The first-order chi connectivity index (χ1) is 16.6. The van der Waals surface area contributed by atoms with Gasteiger partial charge in [0.1, 0.15) is 11.2 Å². The first kappa shape index (κ1) is 24.4. The van der Waals surface area contributed by atoms with E-state index in [0.29, 0.717) is 34.5 Å². The standard InChI is InChI=1S/C22H23F5N8/c1-12-11-35-16(19(23)24)5-15-18(35)20(34(12)2)33-21(32-15)31-10-14(6-28)8-29-7-13-3-4-17(30-9-13)22(25,26)27/h3-6,8-9,12,19H,7,10-11,28H2,1-2H3,(H,31,32,33)/t12-/m0/s1. The molecule has 0 amide bonds. The van der Waals surface area contributed by atoms with Crippen molar-refractivity contribution in [3.05, 3.63) is 53.1 Å². The molecule has 186 valence electrons. The summed E-state index contributed by atoms with van der Waals surface area (Å²) in [6.07, 6.45) is -3.21. The number of nitrogens with zero attached hydrogens (tertiary/aromatic N) is 6. The van der Waals surface area contributed by atoms with Gasteiger partial charge in [-0.2, -0.15) is 18.2 Å². The van der Waals surface area contributed by atoms with E-state index in [1.165, 1.54) is 24.5 Å². The molecule has 1 aliphatic rings. The number of hydrogen-bond donors (Lipinski definition) is 2. The summed E-state index contributed by atoms with van der Waals surface area (Å²) >= 11 is 0. The Morgan fingerprint density at radius 3 is 2.71 bits per heavy atom. The van der Waals surface area contributed by atoms with Gasteiger partial charge < -0.3 is 20.5 Å². The maximum atomic E-state index is 13.6. The number of aliphatic imine (C=N–C) groups is 1. The molecule has 1 aliphatic heterocycles. The van der Waals surface area contributed by atoms with Crippen molar-refractivity contribution in [3.63, 3.8) is 0 Å². The molecule has 3 aromatic heterocycles. The van der Waals surface area contributed by atoms with Gasteiger partial charge >= 0.3 is 6.18 Å². The zero-order valence-corrected chi connectivity index (χ0v) is 18.9. The van der Waals surface area contributed by atoms with Gasteiger partial charge in [-0.05, 0) is 24.6 Å². The largest absolute Gasteiger partial charge is 0.433 e. The summed E-state index contributed by atoms with van der Waals surface area (Å²) in [5.41, 5.74) is 6.65. The van der Waals surface area contributed by atoms with Crippen LogP contribution < -0.4 is 16.0 Å². The lowest BCUT2D eigenvalue weighted by Crippen LogP contribution is -2.37. The number of hydrogen-bond acceptors (Lipinski definition) is 7. The summed E-state index contributed by atoms with van der Waals surface area (Å²) in [7, 11) is 1.85. The first-order valence-corrected chi connectivity index (χ1v) is 10.7. The lowest BCUT2D eigenvalue weighted by Gasteiger charge is -2.32. The average molecular weight is 494 g/mol. The molecule has 1 atom stereocenters. The van der Waals surface area contributed by atoms with Crippen molar-refractivity contribution in [2.75, 3.05) is 23.8 Å². The molecule has 13 heteroatoms. The summed E-state index contributed by atoms with van der Waals surface area (Å²) < 4.78 is 66.5. The Bertz CT molecular complexity index is 1260. The summed E-state index contributed by atoms with van der Waals surface area (Å²) in [5.74, 6) is 0.788. The van der Waals surface area contributed by atoms with Crippen LogP contribution in [0.5, 0.6) is 0 Å². The fourth-order valence-electron chi connectivity index (χ4n) is 3.75. The number of anilines is 2. The first-order valence-electron chi connectivity index (χ1n) is 10.7. The van der Waals surface area contributed by atoms with E-state index in [0.717, 1.165) is 12.3 Å². The number of nitrogens with two attached hydrogens (primary N) is 1. The minimum Gasteiger partial charge on any atom is -0.404 e. The highest BCUT2D eigenvalue weighted by Crippen LogP contribution is 2.36. The van der Waals surface area contributed by atoms with E-state index in [1.807, 2.05) is 18.9 Å². The van der Waals surface area contributed by atoms with Crippen LogP contribution in [-0.2, 0) is 19.3 Å². The molecule has 0 unspecified atom stereocenters. The van der Waals surface area contributed by atoms with E-state index in [1.54, 1.807) is 4.57 Å². The van der Waals surface area contributed by atoms with Crippen molar-refractivity contribution in [2.45, 2.75) is 38.7 Å². The van der Waals surface area contributed by atoms with Gasteiger partial charge in [-0.25, -0.2) is 13.8 Å². The van der Waals surface area contributed by atoms with Gasteiger partial charge in [-0.15, -0.1) is 0 Å². The van der Waals surface area contributed by atoms with Gasteiger partial charge in [0.2, 0.25) is 5.95 Å². The van der Waals surface area contributed by atoms with Gasteiger partial charge in [0, 0.05) is 50.4 Å². The Morgan fingerprint density at radius 2 is 2.09 bits per heavy atom. The van der Waals surface area contributed by atoms with Crippen LogP contribution >= 0.6 is 0 Å². The second-order valence-corrected chi connectivity index (χ2v) is 8.16. The Morgan fingerprint density at radius 1 is 1.31 bits per heavy atom. The lowest BCUT2D eigenvalue weighted by molar-refractivity contribution is -0.141. The van der Waals surface area contributed by atoms with Crippen molar-refractivity contribution in [3.8, 4) is 0 Å². The second-order valence-electron chi connectivity index (χ2n) is 8.16. The van der Waals surface area contributed by atoms with Crippen LogP contribution in [0.4, 0.5) is 33.7 Å². The number of nitrogens with one attached hydrogen (secondary N) is 1. The van der Waals surface area contributed by atoms with Crippen LogP contribution in [0.3, 0.4) is 0 Å². The monoisotopic (exact) mass is 494 g/mol. The Hall–Kier alpha value is -3.77. The predicted molar refractivity (Wildman–Crippen MR) is 123 cm³/mol. The van der Waals surface area contributed by atoms with E-state index >= 15 is 0 Å². The molecular formula is C22H23F5N8. The smallest absolute Gasteiger partial charge is 0.404 e. The number of alkyl halides is 5. The van der Waals surface area contributed by atoms with Gasteiger partial charge in [-0.3, -0.25) is 9.98 Å². The molecule has 0 saturated carbocycles. The Balaban J connectivity index is 1.46. The van der Waals surface area contributed by atoms with E-state index in [9.17, 15) is 22.0 Å². The minimum atomic E-state index is -4.50. The summed E-state index contributed by atoms with van der Waals surface area (Å²) in [5, 5.41) is 3.03. The van der Waals surface area contributed by atoms with Crippen LogP contribution in [0, 0.1) is 0 Å². The van der Waals surface area contributed by atoms with E-state index in [-0.39, 0.29) is 30.8 Å².